The van der Waals surface area contributed by atoms with Gasteiger partial charge in [0.25, 0.3) is 5.91 Å². The summed E-state index contributed by atoms with van der Waals surface area (Å²) < 4.78 is 60.4. The number of hydrogen-bond donors (Lipinski definition) is 0. The molecular formula is C37H36Cl2F3N3O3S. The van der Waals surface area contributed by atoms with Crippen LogP contribution in [-0.2, 0) is 10.8 Å². The second kappa shape index (κ2) is 15.9. The van der Waals surface area contributed by atoms with Gasteiger partial charge in [-0.05, 0) is 91.0 Å². The van der Waals surface area contributed by atoms with E-state index < -0.39 is 35.3 Å². The Morgan fingerprint density at radius 1 is 1.06 bits per heavy atom. The van der Waals surface area contributed by atoms with Crippen LogP contribution in [0.5, 0.6) is 5.75 Å². The van der Waals surface area contributed by atoms with Gasteiger partial charge in [0.05, 0.1) is 39.1 Å². The van der Waals surface area contributed by atoms with Crippen molar-refractivity contribution in [1.29, 1.82) is 5.26 Å². The van der Waals surface area contributed by atoms with Crippen LogP contribution in [0.4, 0.5) is 13.2 Å². The Balaban J connectivity index is 1.43. The van der Waals surface area contributed by atoms with E-state index >= 15 is 0 Å². The third kappa shape index (κ3) is 8.76. The molecule has 1 aliphatic heterocycles. The summed E-state index contributed by atoms with van der Waals surface area (Å²) in [5.41, 5.74) is 1.71. The van der Waals surface area contributed by atoms with Gasteiger partial charge in [-0.25, -0.2) is 0 Å². The summed E-state index contributed by atoms with van der Waals surface area (Å²) in [5, 5.41) is 11.3. The topological polar surface area (TPSA) is 73.6 Å². The van der Waals surface area contributed by atoms with Crippen LogP contribution in [0.15, 0.2) is 77.7 Å². The van der Waals surface area contributed by atoms with Gasteiger partial charge < -0.3 is 14.5 Å². The summed E-state index contributed by atoms with van der Waals surface area (Å²) in [6.45, 7) is 0.332. The molecule has 12 heteroatoms. The number of carbonyl (C=O) groups is 1. The van der Waals surface area contributed by atoms with Crippen LogP contribution < -0.4 is 4.74 Å². The number of alkyl halides is 3. The lowest BCUT2D eigenvalue weighted by molar-refractivity contribution is -0.141. The number of hydrogen-bond acceptors (Lipinski definition) is 5. The lowest BCUT2D eigenvalue weighted by Gasteiger charge is -2.35. The average Bonchev–Trinajstić information content (AvgIpc) is 3.09. The quantitative estimate of drug-likeness (QED) is 0.154. The normalized spacial score (nSPS) is 15.5. The van der Waals surface area contributed by atoms with Gasteiger partial charge in [-0.3, -0.25) is 9.00 Å². The zero-order chi connectivity index (χ0) is 35.3. The molecule has 4 aromatic rings. The van der Waals surface area contributed by atoms with Crippen molar-refractivity contribution in [1.82, 2.24) is 9.80 Å². The molecule has 0 spiro atoms. The molecule has 2 unspecified atom stereocenters. The molecule has 4 aromatic carbocycles. The van der Waals surface area contributed by atoms with E-state index in [4.69, 9.17) is 27.9 Å². The summed E-state index contributed by atoms with van der Waals surface area (Å²) in [4.78, 5) is 18.2. The highest BCUT2D eigenvalue weighted by atomic mass is 35.5. The van der Waals surface area contributed by atoms with Gasteiger partial charge in [-0.15, -0.1) is 0 Å². The highest BCUT2D eigenvalue weighted by molar-refractivity contribution is 7.84. The number of methoxy groups -OCH3 is 1. The molecule has 1 heterocycles. The first-order valence-corrected chi connectivity index (χ1v) is 18.2. The number of carbonyl (C=O) groups excluding carboxylic acids is 1. The number of nitriles is 1. The Morgan fingerprint density at radius 2 is 1.76 bits per heavy atom. The molecule has 1 amide bonds. The van der Waals surface area contributed by atoms with Gasteiger partial charge in [0.1, 0.15) is 18.4 Å². The number of ether oxygens (including phenoxy) is 1. The van der Waals surface area contributed by atoms with E-state index in [2.05, 4.69) is 4.90 Å². The van der Waals surface area contributed by atoms with Gasteiger partial charge in [-0.2, -0.15) is 18.4 Å². The average molecular weight is 731 g/mol. The highest BCUT2D eigenvalue weighted by Gasteiger charge is 2.37. The third-order valence-electron chi connectivity index (χ3n) is 9.10. The number of halogens is 5. The fraction of sp³-hybridized carbons (Fsp3) is 0.351. The van der Waals surface area contributed by atoms with Gasteiger partial charge in [0.2, 0.25) is 0 Å². The molecule has 49 heavy (non-hydrogen) atoms. The summed E-state index contributed by atoms with van der Waals surface area (Å²) >= 11 is 12.6. The van der Waals surface area contributed by atoms with Crippen LogP contribution in [0.25, 0.3) is 10.8 Å². The van der Waals surface area contributed by atoms with Crippen molar-refractivity contribution in [2.45, 2.75) is 42.2 Å². The van der Waals surface area contributed by atoms with Crippen LogP contribution in [0, 0.1) is 11.3 Å². The number of benzene rings is 4. The highest BCUT2D eigenvalue weighted by Crippen LogP contribution is 2.37. The number of likely N-dealkylation sites (tertiary alicyclic amines) is 1. The Kier molecular flexibility index (Phi) is 11.9. The van der Waals surface area contributed by atoms with Crippen molar-refractivity contribution >= 4 is 50.7 Å². The van der Waals surface area contributed by atoms with Crippen molar-refractivity contribution in [3.63, 3.8) is 0 Å². The summed E-state index contributed by atoms with van der Waals surface area (Å²) in [5.74, 6) is -1.23. The van der Waals surface area contributed by atoms with Gasteiger partial charge in [0.15, 0.2) is 0 Å². The molecule has 1 aliphatic rings. The second-order valence-corrected chi connectivity index (χ2v) is 14.4. The van der Waals surface area contributed by atoms with Crippen molar-refractivity contribution in [2.75, 3.05) is 46.1 Å². The fourth-order valence-electron chi connectivity index (χ4n) is 6.71. The van der Waals surface area contributed by atoms with Crippen molar-refractivity contribution in [3.8, 4) is 11.8 Å². The number of nitrogens with zero attached hydrogens (tertiary/aromatic N) is 3. The number of amides is 1. The number of fused-ring (bicyclic) bond motifs is 1. The van der Waals surface area contributed by atoms with Crippen LogP contribution >= 0.6 is 23.2 Å². The zero-order valence-electron chi connectivity index (χ0n) is 27.1. The first kappa shape index (κ1) is 36.7. The van der Waals surface area contributed by atoms with Crippen LogP contribution in [0.3, 0.4) is 0 Å². The SMILES string of the molecule is COc1c(C#N)cc2ccccc2c1C(=O)N(CC(CCN1CCC(c2ccccc2S(C)=O)CC1)c1ccc(Cl)c(Cl)c1)CC(F)(F)F. The predicted octanol–water partition coefficient (Wildman–Crippen LogP) is 8.82. The van der Waals surface area contributed by atoms with Crippen molar-refractivity contribution < 1.29 is 26.9 Å². The molecule has 1 fully saturated rings. The third-order valence-corrected chi connectivity index (χ3v) is 10.8. The van der Waals surface area contributed by atoms with Gasteiger partial charge in [-0.1, -0.05) is 71.7 Å². The first-order chi connectivity index (χ1) is 23.4. The summed E-state index contributed by atoms with van der Waals surface area (Å²) in [6, 6.07) is 23.1. The fourth-order valence-corrected chi connectivity index (χ4v) is 7.85. The minimum Gasteiger partial charge on any atom is -0.495 e. The monoisotopic (exact) mass is 729 g/mol. The van der Waals surface area contributed by atoms with Crippen molar-refractivity contribution in [3.05, 3.63) is 105 Å². The molecule has 2 atom stereocenters. The minimum absolute atomic E-state index is 0.0498. The standard InChI is InChI=1S/C37H36Cl2F3N3O3S/c1-48-35-28(21-43)19-26-7-3-4-9-30(26)34(35)36(46)45(23-37(40,41)42)22-27(25-11-12-31(38)32(39)20-25)15-18-44-16-13-24(14-17-44)29-8-5-6-10-33(29)49(2)47/h3-12,19-20,24,27H,13-18,22-23H2,1-2H3. The maximum Gasteiger partial charge on any atom is 0.406 e. The molecule has 0 radical (unpaired) electrons. The first-order valence-electron chi connectivity index (χ1n) is 15.9. The second-order valence-electron chi connectivity index (χ2n) is 12.2. The maximum atomic E-state index is 14.3. The van der Waals surface area contributed by atoms with E-state index in [1.807, 2.05) is 30.3 Å². The molecule has 0 saturated carbocycles. The molecule has 258 valence electrons. The molecule has 0 aliphatic carbocycles. The molecule has 1 saturated heterocycles. The molecule has 5 rings (SSSR count). The van der Waals surface area contributed by atoms with E-state index in [9.17, 15) is 27.4 Å². The van der Waals surface area contributed by atoms with Gasteiger partial charge in [0, 0.05) is 23.6 Å². The lowest BCUT2D eigenvalue weighted by atomic mass is 9.88. The predicted molar refractivity (Wildman–Crippen MR) is 188 cm³/mol. The minimum atomic E-state index is -4.70. The van der Waals surface area contributed by atoms with E-state index in [1.54, 1.807) is 54.8 Å². The smallest absolute Gasteiger partial charge is 0.406 e. The lowest BCUT2D eigenvalue weighted by Crippen LogP contribution is -2.42. The van der Waals surface area contributed by atoms with Crippen molar-refractivity contribution in [2.24, 2.45) is 0 Å². The Labute approximate surface area is 296 Å². The molecule has 0 aromatic heterocycles. The van der Waals surface area contributed by atoms with E-state index in [1.165, 1.54) is 7.11 Å². The zero-order valence-corrected chi connectivity index (χ0v) is 29.4. The van der Waals surface area contributed by atoms with E-state index in [0.717, 1.165) is 41.3 Å². The Morgan fingerprint density at radius 3 is 2.41 bits per heavy atom. The number of rotatable bonds is 11. The van der Waals surface area contributed by atoms with E-state index in [0.29, 0.717) is 34.3 Å². The summed E-state index contributed by atoms with van der Waals surface area (Å²) in [6.07, 6.45) is -0.869. The van der Waals surface area contributed by atoms with Crippen LogP contribution in [-0.4, -0.2) is 72.2 Å². The molecule has 6 nitrogen and oxygen atoms in total. The van der Waals surface area contributed by atoms with Crippen LogP contribution in [0.1, 0.15) is 58.1 Å². The Bertz CT molecular complexity index is 1890. The number of piperidine rings is 1. The molecule has 0 N–H and O–H groups in total. The molecular weight excluding hydrogens is 694 g/mol. The van der Waals surface area contributed by atoms with Crippen LogP contribution in [0.2, 0.25) is 10.0 Å². The maximum absolute atomic E-state index is 14.3. The van der Waals surface area contributed by atoms with E-state index in [-0.39, 0.29) is 34.4 Å². The Hall–Kier alpha value is -3.62. The molecule has 0 bridgehead atoms. The largest absolute Gasteiger partial charge is 0.495 e. The summed E-state index contributed by atoms with van der Waals surface area (Å²) in [7, 11) is 0.191. The van der Waals surface area contributed by atoms with Gasteiger partial charge >= 0.3 is 6.18 Å².